The van der Waals surface area contributed by atoms with Crippen LogP contribution >= 0.6 is 0 Å². The molecule has 0 fully saturated rings. The van der Waals surface area contributed by atoms with Crippen molar-refractivity contribution in [2.45, 2.75) is 13.0 Å². The fraction of sp³-hybridized carbons (Fsp3) is 0.176. The minimum Gasteiger partial charge on any atom is -0.475 e. The van der Waals surface area contributed by atoms with Crippen LogP contribution in [0, 0.1) is 0 Å². The Kier molecular flexibility index (Phi) is 3.87. The number of nitrogens with two attached hydrogens (primary N) is 1. The lowest BCUT2D eigenvalue weighted by atomic mass is 10.1. The normalized spacial score (nSPS) is 12.4. The molecule has 0 aliphatic heterocycles. The first kappa shape index (κ1) is 15.3. The maximum atomic E-state index is 5.72. The lowest BCUT2D eigenvalue weighted by Gasteiger charge is -2.08. The van der Waals surface area contributed by atoms with Gasteiger partial charge in [-0.2, -0.15) is 5.10 Å². The maximum absolute atomic E-state index is 5.72. The van der Waals surface area contributed by atoms with Crippen LogP contribution in [-0.4, -0.2) is 42.8 Å². The number of hydrogen-bond donors (Lipinski definition) is 3. The van der Waals surface area contributed by atoms with Crippen molar-refractivity contribution in [3.8, 4) is 28.3 Å². The van der Waals surface area contributed by atoms with Crippen LogP contribution < -0.4 is 10.5 Å². The Bertz CT molecular complexity index is 991. The molecule has 1 atom stereocenters. The van der Waals surface area contributed by atoms with Crippen LogP contribution in [0.15, 0.2) is 43.2 Å². The quantitative estimate of drug-likeness (QED) is 0.514. The van der Waals surface area contributed by atoms with E-state index in [1.807, 2.05) is 19.3 Å². The van der Waals surface area contributed by atoms with Gasteiger partial charge < -0.3 is 15.5 Å². The molecule has 8 nitrogen and oxygen atoms in total. The Morgan fingerprint density at radius 3 is 2.88 bits per heavy atom. The number of aromatic amines is 2. The van der Waals surface area contributed by atoms with Gasteiger partial charge in [0.1, 0.15) is 12.3 Å². The van der Waals surface area contributed by atoms with Crippen molar-refractivity contribution in [3.05, 3.63) is 43.2 Å². The highest BCUT2D eigenvalue weighted by molar-refractivity contribution is 5.94. The Balaban J connectivity index is 1.74. The molecule has 126 valence electrons. The number of rotatable bonds is 5. The summed E-state index contributed by atoms with van der Waals surface area (Å²) in [6.45, 7) is 2.26. The lowest BCUT2D eigenvalue weighted by Crippen LogP contribution is -2.23. The summed E-state index contributed by atoms with van der Waals surface area (Å²) in [4.78, 5) is 16.4. The van der Waals surface area contributed by atoms with Crippen LogP contribution in [0.5, 0.6) is 5.88 Å². The van der Waals surface area contributed by atoms with Crippen molar-refractivity contribution < 1.29 is 4.74 Å². The third kappa shape index (κ3) is 3.07. The molecule has 0 aliphatic carbocycles. The number of nitrogens with one attached hydrogen (secondary N) is 2. The molecule has 4 heterocycles. The number of hydrogen-bond acceptors (Lipinski definition) is 6. The summed E-state index contributed by atoms with van der Waals surface area (Å²) in [6, 6.07) is 1.98. The van der Waals surface area contributed by atoms with E-state index in [9.17, 15) is 0 Å². The van der Waals surface area contributed by atoms with Gasteiger partial charge >= 0.3 is 0 Å². The molecular formula is C17H17N7O. The Hall–Kier alpha value is -3.26. The minimum atomic E-state index is -0.0692. The predicted molar refractivity (Wildman–Crippen MR) is 93.8 cm³/mol. The van der Waals surface area contributed by atoms with E-state index in [-0.39, 0.29) is 6.04 Å². The number of nitrogens with zero attached hydrogens (tertiary/aromatic N) is 4. The standard InChI is InChI=1S/C17H17N7O/c1-10(18)9-25-16-8-19-7-15(24-16)14-6-21-17-13(14)2-11(3-20-17)12-4-22-23-5-12/h2-8,10H,9,18H2,1H3,(H,20,21)(H,22,23). The van der Waals surface area contributed by atoms with Crippen LogP contribution in [0.1, 0.15) is 6.92 Å². The van der Waals surface area contributed by atoms with Crippen LogP contribution in [0.2, 0.25) is 0 Å². The zero-order chi connectivity index (χ0) is 17.2. The van der Waals surface area contributed by atoms with Crippen molar-refractivity contribution >= 4 is 11.0 Å². The molecule has 0 saturated heterocycles. The molecule has 4 rings (SSSR count). The summed E-state index contributed by atoms with van der Waals surface area (Å²) in [5.74, 6) is 0.447. The zero-order valence-corrected chi connectivity index (χ0v) is 13.6. The van der Waals surface area contributed by atoms with Crippen LogP contribution in [-0.2, 0) is 0 Å². The van der Waals surface area contributed by atoms with E-state index in [2.05, 4.69) is 36.2 Å². The average molecular weight is 335 g/mol. The number of aromatic nitrogens is 6. The van der Waals surface area contributed by atoms with E-state index >= 15 is 0 Å². The summed E-state index contributed by atoms with van der Waals surface area (Å²) in [7, 11) is 0. The topological polar surface area (TPSA) is 118 Å². The third-order valence-electron chi connectivity index (χ3n) is 3.75. The molecule has 0 bridgehead atoms. The smallest absolute Gasteiger partial charge is 0.232 e. The molecule has 4 aromatic rings. The highest BCUT2D eigenvalue weighted by Gasteiger charge is 2.12. The van der Waals surface area contributed by atoms with Gasteiger partial charge in [0.05, 0.1) is 24.3 Å². The second-order valence-corrected chi connectivity index (χ2v) is 5.84. The number of ether oxygens (including phenoxy) is 1. The maximum Gasteiger partial charge on any atom is 0.232 e. The molecule has 25 heavy (non-hydrogen) atoms. The minimum absolute atomic E-state index is 0.0692. The van der Waals surface area contributed by atoms with Gasteiger partial charge in [-0.3, -0.25) is 10.1 Å². The van der Waals surface area contributed by atoms with Gasteiger partial charge in [-0.15, -0.1) is 0 Å². The Morgan fingerprint density at radius 2 is 2.08 bits per heavy atom. The Labute approximate surface area is 143 Å². The molecule has 0 spiro atoms. The van der Waals surface area contributed by atoms with Crippen LogP contribution in [0.25, 0.3) is 33.4 Å². The van der Waals surface area contributed by atoms with Crippen LogP contribution in [0.3, 0.4) is 0 Å². The van der Waals surface area contributed by atoms with Gasteiger partial charge in [0, 0.05) is 46.7 Å². The molecule has 0 radical (unpaired) electrons. The molecule has 4 N–H and O–H groups in total. The van der Waals surface area contributed by atoms with Crippen molar-refractivity contribution in [1.82, 2.24) is 30.1 Å². The summed E-state index contributed by atoms with van der Waals surface area (Å²) >= 11 is 0. The second kappa shape index (κ2) is 6.33. The molecule has 0 amide bonds. The van der Waals surface area contributed by atoms with Gasteiger partial charge in [0.15, 0.2) is 0 Å². The summed E-state index contributed by atoms with van der Waals surface area (Å²) < 4.78 is 5.56. The first-order chi connectivity index (χ1) is 12.2. The average Bonchev–Trinajstić information content (AvgIpc) is 3.29. The third-order valence-corrected chi connectivity index (χ3v) is 3.75. The highest BCUT2D eigenvalue weighted by atomic mass is 16.5. The van der Waals surface area contributed by atoms with Gasteiger partial charge in [0.25, 0.3) is 0 Å². The largest absolute Gasteiger partial charge is 0.475 e. The number of fused-ring (bicyclic) bond motifs is 1. The molecule has 0 aliphatic rings. The first-order valence-electron chi connectivity index (χ1n) is 7.88. The number of pyridine rings is 1. The van der Waals surface area contributed by atoms with E-state index in [4.69, 9.17) is 10.5 Å². The van der Waals surface area contributed by atoms with Gasteiger partial charge in [0.2, 0.25) is 5.88 Å². The van der Waals surface area contributed by atoms with Gasteiger partial charge in [-0.1, -0.05) is 0 Å². The first-order valence-corrected chi connectivity index (χ1v) is 7.88. The molecule has 0 saturated carbocycles. The van der Waals surface area contributed by atoms with Crippen molar-refractivity contribution in [2.24, 2.45) is 5.73 Å². The highest BCUT2D eigenvalue weighted by Crippen LogP contribution is 2.30. The molecular weight excluding hydrogens is 318 g/mol. The second-order valence-electron chi connectivity index (χ2n) is 5.84. The van der Waals surface area contributed by atoms with Crippen molar-refractivity contribution in [2.75, 3.05) is 6.61 Å². The summed E-state index contributed by atoms with van der Waals surface area (Å²) in [6.07, 6.45) is 10.5. The molecule has 0 aromatic carbocycles. The van der Waals surface area contributed by atoms with Crippen molar-refractivity contribution in [3.63, 3.8) is 0 Å². The van der Waals surface area contributed by atoms with Crippen LogP contribution in [0.4, 0.5) is 0 Å². The zero-order valence-electron chi connectivity index (χ0n) is 13.6. The predicted octanol–water partition coefficient (Wildman–Crippen LogP) is 2.14. The lowest BCUT2D eigenvalue weighted by molar-refractivity contribution is 0.284. The molecule has 4 aromatic heterocycles. The fourth-order valence-corrected chi connectivity index (χ4v) is 2.55. The molecule has 1 unspecified atom stereocenters. The molecule has 8 heteroatoms. The summed E-state index contributed by atoms with van der Waals surface area (Å²) in [5, 5.41) is 7.75. The SMILES string of the molecule is CC(N)COc1cncc(-c2c[nH]c3ncc(-c4cn[nH]c4)cc23)n1. The van der Waals surface area contributed by atoms with E-state index in [0.29, 0.717) is 18.2 Å². The van der Waals surface area contributed by atoms with Crippen molar-refractivity contribution in [1.29, 1.82) is 0 Å². The number of H-pyrrole nitrogens is 2. The van der Waals surface area contributed by atoms with E-state index in [1.165, 1.54) is 0 Å². The summed E-state index contributed by atoms with van der Waals surface area (Å²) in [5.41, 5.74) is 10.1. The Morgan fingerprint density at radius 1 is 1.16 bits per heavy atom. The van der Waals surface area contributed by atoms with Gasteiger partial charge in [-0.25, -0.2) is 9.97 Å². The van der Waals surface area contributed by atoms with E-state index in [0.717, 1.165) is 27.7 Å². The fourth-order valence-electron chi connectivity index (χ4n) is 2.55. The van der Waals surface area contributed by atoms with E-state index in [1.54, 1.807) is 24.8 Å². The van der Waals surface area contributed by atoms with Gasteiger partial charge in [-0.05, 0) is 13.0 Å². The van der Waals surface area contributed by atoms with E-state index < -0.39 is 0 Å². The monoisotopic (exact) mass is 335 g/mol.